The predicted molar refractivity (Wildman–Crippen MR) is 81.0 cm³/mol. The van der Waals surface area contributed by atoms with E-state index in [1.54, 1.807) is 6.20 Å². The van der Waals surface area contributed by atoms with Crippen LogP contribution in [0.5, 0.6) is 0 Å². The minimum absolute atomic E-state index is 0.0475. The van der Waals surface area contributed by atoms with Gasteiger partial charge in [0.05, 0.1) is 5.52 Å². The molecule has 0 saturated carbocycles. The topological polar surface area (TPSA) is 30.0 Å². The van der Waals surface area contributed by atoms with Crippen molar-refractivity contribution in [3.05, 3.63) is 77.5 Å². The number of rotatable bonds is 3. The molecule has 0 N–H and O–H groups in total. The van der Waals surface area contributed by atoms with E-state index in [-0.39, 0.29) is 5.78 Å². The molecule has 0 aliphatic heterocycles. The molecule has 0 saturated heterocycles. The first kappa shape index (κ1) is 12.5. The molecule has 0 atom stereocenters. The van der Waals surface area contributed by atoms with Crippen LogP contribution in [0.4, 0.5) is 0 Å². The van der Waals surface area contributed by atoms with Gasteiger partial charge in [0.2, 0.25) is 0 Å². The van der Waals surface area contributed by atoms with E-state index in [9.17, 15) is 4.79 Å². The van der Waals surface area contributed by atoms with Crippen LogP contribution in [0.1, 0.15) is 28.4 Å². The molecule has 0 radical (unpaired) electrons. The molecule has 1 heterocycles. The summed E-state index contributed by atoms with van der Waals surface area (Å²) in [6.45, 7) is 2.10. The summed E-state index contributed by atoms with van der Waals surface area (Å²) in [5, 5.41) is 0.902. The van der Waals surface area contributed by atoms with Crippen LogP contribution in [0.15, 0.2) is 60.8 Å². The Kier molecular flexibility index (Phi) is 3.30. The number of aromatic nitrogens is 1. The lowest BCUT2D eigenvalue weighted by Crippen LogP contribution is -2.02. The van der Waals surface area contributed by atoms with Crippen LogP contribution in [0.3, 0.4) is 0 Å². The second kappa shape index (κ2) is 5.25. The summed E-state index contributed by atoms with van der Waals surface area (Å²) in [7, 11) is 0. The maximum absolute atomic E-state index is 12.6. The third-order valence-electron chi connectivity index (χ3n) is 3.51. The van der Waals surface area contributed by atoms with E-state index in [0.29, 0.717) is 5.56 Å². The van der Waals surface area contributed by atoms with Gasteiger partial charge in [0, 0.05) is 22.7 Å². The Morgan fingerprint density at radius 3 is 2.55 bits per heavy atom. The lowest BCUT2D eigenvalue weighted by molar-refractivity contribution is 0.104. The normalized spacial score (nSPS) is 10.7. The molecule has 3 rings (SSSR count). The first-order valence-electron chi connectivity index (χ1n) is 6.77. The fourth-order valence-corrected chi connectivity index (χ4v) is 2.35. The summed E-state index contributed by atoms with van der Waals surface area (Å²) in [5.41, 5.74) is 3.52. The van der Waals surface area contributed by atoms with Crippen molar-refractivity contribution in [1.29, 1.82) is 0 Å². The lowest BCUT2D eigenvalue weighted by Gasteiger charge is -2.06. The molecule has 0 amide bonds. The van der Waals surface area contributed by atoms with Crippen LogP contribution in [0.2, 0.25) is 0 Å². The van der Waals surface area contributed by atoms with Gasteiger partial charge in [-0.25, -0.2) is 0 Å². The fraction of sp³-hybridized carbons (Fsp3) is 0.111. The molecular formula is C18H15NO. The van der Waals surface area contributed by atoms with Gasteiger partial charge in [-0.3, -0.25) is 9.78 Å². The van der Waals surface area contributed by atoms with Crippen LogP contribution < -0.4 is 0 Å². The lowest BCUT2D eigenvalue weighted by atomic mass is 9.98. The van der Waals surface area contributed by atoms with Gasteiger partial charge in [0.25, 0.3) is 0 Å². The molecule has 2 heteroatoms. The quantitative estimate of drug-likeness (QED) is 0.666. The molecular weight excluding hydrogens is 246 g/mol. The van der Waals surface area contributed by atoms with E-state index < -0.39 is 0 Å². The third kappa shape index (κ3) is 2.21. The highest BCUT2D eigenvalue weighted by atomic mass is 16.1. The smallest absolute Gasteiger partial charge is 0.193 e. The molecule has 0 fully saturated rings. The fourth-order valence-electron chi connectivity index (χ4n) is 2.35. The zero-order valence-corrected chi connectivity index (χ0v) is 11.3. The maximum Gasteiger partial charge on any atom is 0.193 e. The second-order valence-electron chi connectivity index (χ2n) is 4.76. The molecule has 1 aromatic heterocycles. The summed E-state index contributed by atoms with van der Waals surface area (Å²) in [6, 6.07) is 17.3. The number of ketones is 1. The molecule has 2 nitrogen and oxygen atoms in total. The van der Waals surface area contributed by atoms with Crippen molar-refractivity contribution >= 4 is 16.7 Å². The van der Waals surface area contributed by atoms with Crippen LogP contribution in [0, 0.1) is 0 Å². The van der Waals surface area contributed by atoms with Gasteiger partial charge in [-0.15, -0.1) is 0 Å². The largest absolute Gasteiger partial charge is 0.289 e. The molecule has 98 valence electrons. The van der Waals surface area contributed by atoms with Crippen molar-refractivity contribution < 1.29 is 4.79 Å². The highest BCUT2D eigenvalue weighted by Gasteiger charge is 2.12. The average molecular weight is 261 g/mol. The van der Waals surface area contributed by atoms with Crippen molar-refractivity contribution in [1.82, 2.24) is 4.98 Å². The number of fused-ring (bicyclic) bond motifs is 1. The molecule has 0 spiro atoms. The minimum Gasteiger partial charge on any atom is -0.289 e. The average Bonchev–Trinajstić information content (AvgIpc) is 2.54. The number of pyridine rings is 1. The van der Waals surface area contributed by atoms with Crippen molar-refractivity contribution in [2.24, 2.45) is 0 Å². The molecule has 0 bridgehead atoms. The Labute approximate surface area is 118 Å². The van der Waals surface area contributed by atoms with Gasteiger partial charge in [-0.1, -0.05) is 49.4 Å². The van der Waals surface area contributed by atoms with E-state index >= 15 is 0 Å². The highest BCUT2D eigenvalue weighted by molar-refractivity contribution is 6.15. The summed E-state index contributed by atoms with van der Waals surface area (Å²) in [5.74, 6) is 0.0475. The molecule has 0 unspecified atom stereocenters. The van der Waals surface area contributed by atoms with Crippen LogP contribution in [-0.4, -0.2) is 10.8 Å². The van der Waals surface area contributed by atoms with Crippen LogP contribution >= 0.6 is 0 Å². The Morgan fingerprint density at radius 2 is 1.80 bits per heavy atom. The Balaban J connectivity index is 2.07. The standard InChI is InChI=1S/C18H15NO/c1-2-13-8-10-14(11-9-13)18(20)16-5-3-7-17-15(16)6-4-12-19-17/h3-12H,2H2,1H3. The zero-order valence-electron chi connectivity index (χ0n) is 11.3. The van der Waals surface area contributed by atoms with Gasteiger partial charge >= 0.3 is 0 Å². The van der Waals surface area contributed by atoms with Gasteiger partial charge in [-0.05, 0) is 24.1 Å². The molecule has 0 aliphatic rings. The Bertz CT molecular complexity index is 754. The number of carbonyl (C=O) groups excluding carboxylic acids is 1. The molecule has 2 aromatic carbocycles. The summed E-state index contributed by atoms with van der Waals surface area (Å²) >= 11 is 0. The van der Waals surface area contributed by atoms with Gasteiger partial charge in [0.15, 0.2) is 5.78 Å². The first-order chi connectivity index (χ1) is 9.79. The van der Waals surface area contributed by atoms with Crippen LogP contribution in [0.25, 0.3) is 10.9 Å². The number of aryl methyl sites for hydroxylation is 1. The number of carbonyl (C=O) groups is 1. The van der Waals surface area contributed by atoms with Crippen molar-refractivity contribution in [2.45, 2.75) is 13.3 Å². The molecule has 3 aromatic rings. The number of hydrogen-bond donors (Lipinski definition) is 0. The minimum atomic E-state index is 0.0475. The number of hydrogen-bond acceptors (Lipinski definition) is 2. The highest BCUT2D eigenvalue weighted by Crippen LogP contribution is 2.20. The number of nitrogens with zero attached hydrogens (tertiary/aromatic N) is 1. The Morgan fingerprint density at radius 1 is 1.00 bits per heavy atom. The SMILES string of the molecule is CCc1ccc(C(=O)c2cccc3ncccc23)cc1. The van der Waals surface area contributed by atoms with Crippen molar-refractivity contribution in [3.63, 3.8) is 0 Å². The molecule has 20 heavy (non-hydrogen) atoms. The first-order valence-corrected chi connectivity index (χ1v) is 6.77. The summed E-state index contributed by atoms with van der Waals surface area (Å²) in [4.78, 5) is 16.9. The van der Waals surface area contributed by atoms with E-state index in [2.05, 4.69) is 11.9 Å². The monoisotopic (exact) mass is 261 g/mol. The zero-order chi connectivity index (χ0) is 13.9. The number of benzene rings is 2. The van der Waals surface area contributed by atoms with E-state index in [1.807, 2.05) is 54.6 Å². The van der Waals surface area contributed by atoms with Gasteiger partial charge in [-0.2, -0.15) is 0 Å². The van der Waals surface area contributed by atoms with E-state index in [1.165, 1.54) is 5.56 Å². The van der Waals surface area contributed by atoms with Gasteiger partial charge < -0.3 is 0 Å². The summed E-state index contributed by atoms with van der Waals surface area (Å²) in [6.07, 6.45) is 2.72. The third-order valence-corrected chi connectivity index (χ3v) is 3.51. The van der Waals surface area contributed by atoms with E-state index in [4.69, 9.17) is 0 Å². The maximum atomic E-state index is 12.6. The van der Waals surface area contributed by atoms with Gasteiger partial charge in [0.1, 0.15) is 0 Å². The van der Waals surface area contributed by atoms with Crippen molar-refractivity contribution in [3.8, 4) is 0 Å². The summed E-state index contributed by atoms with van der Waals surface area (Å²) < 4.78 is 0. The van der Waals surface area contributed by atoms with Crippen LogP contribution in [-0.2, 0) is 6.42 Å². The molecule has 0 aliphatic carbocycles. The van der Waals surface area contributed by atoms with Crippen molar-refractivity contribution in [2.75, 3.05) is 0 Å². The predicted octanol–water partition coefficient (Wildman–Crippen LogP) is 4.03. The van der Waals surface area contributed by atoms with E-state index in [0.717, 1.165) is 22.9 Å². The Hall–Kier alpha value is -2.48. The second-order valence-corrected chi connectivity index (χ2v) is 4.76.